The van der Waals surface area contributed by atoms with Crippen LogP contribution in [0.2, 0.25) is 0 Å². The Morgan fingerprint density at radius 2 is 2.24 bits per heavy atom. The van der Waals surface area contributed by atoms with Crippen molar-refractivity contribution >= 4 is 5.91 Å². The zero-order valence-corrected chi connectivity index (χ0v) is 12.4. The van der Waals surface area contributed by atoms with E-state index in [1.54, 1.807) is 18.5 Å². The van der Waals surface area contributed by atoms with Crippen molar-refractivity contribution in [3.05, 3.63) is 29.6 Å². The minimum absolute atomic E-state index is 0.106. The van der Waals surface area contributed by atoms with E-state index in [1.165, 1.54) is 12.8 Å². The van der Waals surface area contributed by atoms with Crippen LogP contribution in [-0.2, 0) is 0 Å². The average molecular weight is 286 g/mol. The van der Waals surface area contributed by atoms with Gasteiger partial charge in [0.15, 0.2) is 0 Å². The molecule has 5 heteroatoms. The maximum Gasteiger partial charge on any atom is 0.253 e. The first-order valence-corrected chi connectivity index (χ1v) is 7.36. The van der Waals surface area contributed by atoms with Gasteiger partial charge in [-0.15, -0.1) is 0 Å². The normalized spacial score (nSPS) is 16.1. The van der Waals surface area contributed by atoms with Crippen LogP contribution in [0, 0.1) is 11.8 Å². The molecule has 1 aromatic heterocycles. The lowest BCUT2D eigenvalue weighted by atomic mass is 10.2. The van der Waals surface area contributed by atoms with Crippen LogP contribution in [0.5, 0.6) is 0 Å². The fourth-order valence-corrected chi connectivity index (χ4v) is 2.49. The van der Waals surface area contributed by atoms with Crippen molar-refractivity contribution in [3.8, 4) is 11.8 Å². The predicted octanol–water partition coefficient (Wildman–Crippen LogP) is 0.606. The number of likely N-dealkylation sites (tertiary alicyclic amines) is 1. The van der Waals surface area contributed by atoms with E-state index < -0.39 is 0 Å². The molecule has 2 heterocycles. The highest BCUT2D eigenvalue weighted by Crippen LogP contribution is 2.08. The first-order valence-electron chi connectivity index (χ1n) is 7.36. The molecule has 5 nitrogen and oxygen atoms in total. The first kappa shape index (κ1) is 15.5. The van der Waals surface area contributed by atoms with Crippen LogP contribution in [0.3, 0.4) is 0 Å². The van der Waals surface area contributed by atoms with E-state index in [9.17, 15) is 4.79 Å². The number of pyridine rings is 1. The molecule has 0 spiro atoms. The highest BCUT2D eigenvalue weighted by atomic mass is 16.1. The van der Waals surface area contributed by atoms with Gasteiger partial charge < -0.3 is 16.0 Å². The monoisotopic (exact) mass is 286 g/mol. The van der Waals surface area contributed by atoms with Crippen molar-refractivity contribution in [3.63, 3.8) is 0 Å². The van der Waals surface area contributed by atoms with Gasteiger partial charge in [-0.2, -0.15) is 0 Å². The van der Waals surface area contributed by atoms with Gasteiger partial charge >= 0.3 is 0 Å². The van der Waals surface area contributed by atoms with E-state index in [0.717, 1.165) is 19.6 Å². The molecule has 1 aliphatic heterocycles. The maximum atomic E-state index is 12.2. The third-order valence-electron chi connectivity index (χ3n) is 3.44. The summed E-state index contributed by atoms with van der Waals surface area (Å²) in [6.07, 6.45) is 5.71. The van der Waals surface area contributed by atoms with Gasteiger partial charge in [-0.05, 0) is 38.9 Å². The summed E-state index contributed by atoms with van der Waals surface area (Å²) in [5.74, 6) is 5.54. The number of nitrogens with one attached hydrogen (secondary N) is 1. The average Bonchev–Trinajstić information content (AvgIpc) is 2.98. The lowest BCUT2D eigenvalue weighted by Crippen LogP contribution is -2.41. The van der Waals surface area contributed by atoms with Crippen LogP contribution in [0.4, 0.5) is 0 Å². The molecule has 1 aromatic rings. The lowest BCUT2D eigenvalue weighted by Gasteiger charge is -2.21. The Labute approximate surface area is 125 Å². The number of nitrogens with two attached hydrogens (primary N) is 1. The standard InChI is InChI=1S/C16H22N4O/c1-13(12-20-7-2-3-8-20)19-16(21)15-9-14(5-4-6-17)10-18-11-15/h9-11,13H,2-3,6-8,12,17H2,1H3,(H,19,21). The molecule has 2 rings (SSSR count). The molecule has 0 aromatic carbocycles. The van der Waals surface area contributed by atoms with Gasteiger partial charge in [-0.25, -0.2) is 0 Å². The molecule has 3 N–H and O–H groups in total. The summed E-state index contributed by atoms with van der Waals surface area (Å²) in [4.78, 5) is 18.6. The minimum atomic E-state index is -0.106. The molecule has 1 fully saturated rings. The number of nitrogens with zero attached hydrogens (tertiary/aromatic N) is 2. The van der Waals surface area contributed by atoms with Gasteiger partial charge in [0.2, 0.25) is 0 Å². The highest BCUT2D eigenvalue weighted by Gasteiger charge is 2.16. The quantitative estimate of drug-likeness (QED) is 0.795. The molecule has 1 saturated heterocycles. The number of carbonyl (C=O) groups is 1. The van der Waals surface area contributed by atoms with Crippen LogP contribution in [0.25, 0.3) is 0 Å². The molecule has 112 valence electrons. The van der Waals surface area contributed by atoms with Crippen LogP contribution in [0.15, 0.2) is 18.5 Å². The molecular formula is C16H22N4O. The summed E-state index contributed by atoms with van der Waals surface area (Å²) in [6, 6.07) is 1.86. The summed E-state index contributed by atoms with van der Waals surface area (Å²) < 4.78 is 0. The number of aromatic nitrogens is 1. The van der Waals surface area contributed by atoms with E-state index in [2.05, 4.69) is 27.0 Å². The van der Waals surface area contributed by atoms with Gasteiger partial charge in [0.05, 0.1) is 12.1 Å². The zero-order chi connectivity index (χ0) is 15.1. The molecular weight excluding hydrogens is 264 g/mol. The second kappa shape index (κ2) is 7.77. The van der Waals surface area contributed by atoms with Gasteiger partial charge in [-0.3, -0.25) is 9.78 Å². The van der Waals surface area contributed by atoms with E-state index in [0.29, 0.717) is 17.7 Å². The Morgan fingerprint density at radius 1 is 1.48 bits per heavy atom. The molecule has 0 saturated carbocycles. The zero-order valence-electron chi connectivity index (χ0n) is 12.4. The minimum Gasteiger partial charge on any atom is -0.348 e. The van der Waals surface area contributed by atoms with Crippen molar-refractivity contribution in [2.45, 2.75) is 25.8 Å². The molecule has 1 amide bonds. The molecule has 1 atom stereocenters. The highest BCUT2D eigenvalue weighted by molar-refractivity contribution is 5.94. The Kier molecular flexibility index (Phi) is 5.73. The van der Waals surface area contributed by atoms with Crippen LogP contribution in [0.1, 0.15) is 35.7 Å². The Balaban J connectivity index is 1.92. The number of hydrogen-bond acceptors (Lipinski definition) is 4. The van der Waals surface area contributed by atoms with Crippen molar-refractivity contribution < 1.29 is 4.79 Å². The van der Waals surface area contributed by atoms with Crippen LogP contribution < -0.4 is 11.1 Å². The van der Waals surface area contributed by atoms with Crippen molar-refractivity contribution in [2.24, 2.45) is 5.73 Å². The molecule has 0 aliphatic carbocycles. The summed E-state index contributed by atoms with van der Waals surface area (Å²) >= 11 is 0. The van der Waals surface area contributed by atoms with Crippen LogP contribution in [-0.4, -0.2) is 48.0 Å². The molecule has 21 heavy (non-hydrogen) atoms. The predicted molar refractivity (Wildman–Crippen MR) is 82.8 cm³/mol. The summed E-state index contributed by atoms with van der Waals surface area (Å²) in [5, 5.41) is 3.01. The maximum absolute atomic E-state index is 12.2. The summed E-state index contributed by atoms with van der Waals surface area (Å²) in [6.45, 7) is 5.48. The van der Waals surface area contributed by atoms with Gasteiger partial charge in [0.25, 0.3) is 5.91 Å². The third kappa shape index (κ3) is 4.85. The second-order valence-electron chi connectivity index (χ2n) is 5.35. The SMILES string of the molecule is CC(CN1CCCC1)NC(=O)c1cncc(C#CCN)c1. The van der Waals surface area contributed by atoms with E-state index in [4.69, 9.17) is 5.73 Å². The van der Waals surface area contributed by atoms with Crippen molar-refractivity contribution in [1.29, 1.82) is 0 Å². The third-order valence-corrected chi connectivity index (χ3v) is 3.44. The first-order chi connectivity index (χ1) is 10.2. The molecule has 1 unspecified atom stereocenters. The second-order valence-corrected chi connectivity index (χ2v) is 5.35. The van der Waals surface area contributed by atoms with Crippen molar-refractivity contribution in [2.75, 3.05) is 26.2 Å². The number of carbonyl (C=O) groups excluding carboxylic acids is 1. The van der Waals surface area contributed by atoms with Gasteiger partial charge in [-0.1, -0.05) is 11.8 Å². The molecule has 0 radical (unpaired) electrons. The number of amides is 1. The van der Waals surface area contributed by atoms with Crippen LogP contribution >= 0.6 is 0 Å². The topological polar surface area (TPSA) is 71.2 Å². The summed E-state index contributed by atoms with van der Waals surface area (Å²) in [5.41, 5.74) is 6.58. The Bertz CT molecular complexity index is 541. The molecule has 1 aliphatic rings. The van der Waals surface area contributed by atoms with Gasteiger partial charge in [0.1, 0.15) is 0 Å². The number of rotatable bonds is 4. The van der Waals surface area contributed by atoms with E-state index in [-0.39, 0.29) is 11.9 Å². The fraction of sp³-hybridized carbons (Fsp3) is 0.500. The fourth-order valence-electron chi connectivity index (χ4n) is 2.49. The Morgan fingerprint density at radius 3 is 2.95 bits per heavy atom. The van der Waals surface area contributed by atoms with Gasteiger partial charge in [0, 0.05) is 30.5 Å². The van der Waals surface area contributed by atoms with E-state index >= 15 is 0 Å². The largest absolute Gasteiger partial charge is 0.348 e. The molecule has 0 bridgehead atoms. The lowest BCUT2D eigenvalue weighted by molar-refractivity contribution is 0.0931. The Hall–Kier alpha value is -1.90. The smallest absolute Gasteiger partial charge is 0.253 e. The van der Waals surface area contributed by atoms with E-state index in [1.807, 2.05) is 6.92 Å². The number of hydrogen-bond donors (Lipinski definition) is 2. The summed E-state index contributed by atoms with van der Waals surface area (Å²) in [7, 11) is 0. The van der Waals surface area contributed by atoms with Crippen molar-refractivity contribution in [1.82, 2.24) is 15.2 Å².